The summed E-state index contributed by atoms with van der Waals surface area (Å²) in [4.78, 5) is 30.9. The number of alkyl carbamates (subject to hydrolysis) is 1. The molecule has 1 aliphatic heterocycles. The van der Waals surface area contributed by atoms with Gasteiger partial charge >= 0.3 is 6.09 Å². The number of fused-ring (bicyclic) bond motifs is 1. The van der Waals surface area contributed by atoms with Crippen molar-refractivity contribution in [2.45, 2.75) is 71.2 Å². The number of carbonyl (C=O) groups excluding carboxylic acids is 2. The molecule has 3 aromatic rings. The summed E-state index contributed by atoms with van der Waals surface area (Å²) in [6.07, 6.45) is 2.70. The van der Waals surface area contributed by atoms with Crippen LogP contribution in [0.5, 0.6) is 0 Å². The van der Waals surface area contributed by atoms with E-state index in [9.17, 15) is 9.59 Å². The summed E-state index contributed by atoms with van der Waals surface area (Å²) in [6.45, 7) is 11.3. The minimum absolute atomic E-state index is 0.0811. The zero-order valence-electron chi connectivity index (χ0n) is 25.0. The smallest absolute Gasteiger partial charge is 0.407 e. The van der Waals surface area contributed by atoms with Gasteiger partial charge in [0.05, 0.1) is 19.3 Å². The molecule has 1 fully saturated rings. The number of piperazine rings is 1. The van der Waals surface area contributed by atoms with Gasteiger partial charge in [0, 0.05) is 37.8 Å². The van der Waals surface area contributed by atoms with Gasteiger partial charge in [-0.25, -0.2) is 4.79 Å². The molecule has 41 heavy (non-hydrogen) atoms. The van der Waals surface area contributed by atoms with E-state index < -0.39 is 11.7 Å². The molecule has 1 N–H and O–H groups in total. The minimum Gasteiger partial charge on any atom is -0.444 e. The maximum atomic E-state index is 13.7. The van der Waals surface area contributed by atoms with Crippen LogP contribution in [0.25, 0.3) is 10.8 Å². The van der Waals surface area contributed by atoms with Crippen LogP contribution in [0.1, 0.15) is 62.9 Å². The van der Waals surface area contributed by atoms with Gasteiger partial charge < -0.3 is 19.7 Å². The van der Waals surface area contributed by atoms with Crippen molar-refractivity contribution in [3.63, 3.8) is 0 Å². The molecule has 3 aromatic carbocycles. The molecule has 0 aliphatic carbocycles. The first-order chi connectivity index (χ1) is 19.7. The van der Waals surface area contributed by atoms with Crippen LogP contribution in [0.15, 0.2) is 72.8 Å². The normalized spacial score (nSPS) is 16.9. The van der Waals surface area contributed by atoms with Gasteiger partial charge in [0.15, 0.2) is 0 Å². The van der Waals surface area contributed by atoms with Crippen molar-refractivity contribution in [1.29, 1.82) is 0 Å². The lowest BCUT2D eigenvalue weighted by Gasteiger charge is -2.43. The van der Waals surface area contributed by atoms with E-state index in [0.717, 1.165) is 47.7 Å². The Morgan fingerprint density at radius 2 is 1.71 bits per heavy atom. The number of carbonyl (C=O) groups is 2. The van der Waals surface area contributed by atoms with Crippen molar-refractivity contribution in [2.24, 2.45) is 0 Å². The van der Waals surface area contributed by atoms with Gasteiger partial charge in [-0.1, -0.05) is 86.5 Å². The zero-order valence-corrected chi connectivity index (χ0v) is 25.0. The lowest BCUT2D eigenvalue weighted by atomic mass is 10.0. The number of hydrogen-bond donors (Lipinski definition) is 1. The van der Waals surface area contributed by atoms with Gasteiger partial charge in [0.25, 0.3) is 5.91 Å². The number of amides is 2. The largest absolute Gasteiger partial charge is 0.444 e. The molecule has 2 amide bonds. The van der Waals surface area contributed by atoms with Gasteiger partial charge in [0.2, 0.25) is 0 Å². The molecular weight excluding hydrogens is 514 g/mol. The molecule has 0 unspecified atom stereocenters. The molecule has 1 aliphatic rings. The number of hydrogen-bond acceptors (Lipinski definition) is 5. The van der Waals surface area contributed by atoms with Crippen LogP contribution >= 0.6 is 0 Å². The van der Waals surface area contributed by atoms with Crippen molar-refractivity contribution in [1.82, 2.24) is 15.1 Å². The van der Waals surface area contributed by atoms with Crippen LogP contribution in [-0.2, 0) is 16.1 Å². The second-order valence-corrected chi connectivity index (χ2v) is 11.9. The van der Waals surface area contributed by atoms with Gasteiger partial charge in [-0.3, -0.25) is 9.69 Å². The molecule has 0 aromatic heterocycles. The molecule has 4 rings (SSSR count). The number of nitrogens with zero attached hydrogens (tertiary/aromatic N) is 2. The third-order valence-electron chi connectivity index (χ3n) is 7.41. The predicted molar refractivity (Wildman–Crippen MR) is 164 cm³/mol. The molecule has 0 spiro atoms. The Balaban J connectivity index is 1.45. The molecule has 7 nitrogen and oxygen atoms in total. The molecule has 0 radical (unpaired) electrons. The highest BCUT2D eigenvalue weighted by Gasteiger charge is 2.32. The molecule has 7 heteroatoms. The first-order valence-corrected chi connectivity index (χ1v) is 14.9. The fraction of sp³-hybridized carbons (Fsp3) is 0.471. The third-order valence-corrected chi connectivity index (χ3v) is 7.41. The average Bonchev–Trinajstić information content (AvgIpc) is 2.95. The summed E-state index contributed by atoms with van der Waals surface area (Å²) in [5.74, 6) is 0.0811. The Bertz CT molecular complexity index is 1270. The van der Waals surface area contributed by atoms with Crippen molar-refractivity contribution in [3.05, 3.63) is 83.9 Å². The number of rotatable bonds is 11. The Kier molecular flexibility index (Phi) is 10.8. The van der Waals surface area contributed by atoms with Crippen molar-refractivity contribution in [2.75, 3.05) is 32.8 Å². The quantitative estimate of drug-likeness (QED) is 0.300. The number of unbranched alkanes of at least 4 members (excludes halogenated alkanes) is 1. The molecular formula is C34H45N3O4. The third kappa shape index (κ3) is 9.03. The average molecular weight is 560 g/mol. The first-order valence-electron chi connectivity index (χ1n) is 14.9. The number of benzene rings is 3. The lowest BCUT2D eigenvalue weighted by molar-refractivity contribution is 0.0236. The van der Waals surface area contributed by atoms with Crippen LogP contribution < -0.4 is 5.32 Å². The second kappa shape index (κ2) is 14.5. The van der Waals surface area contributed by atoms with Crippen LogP contribution in [0.3, 0.4) is 0 Å². The van der Waals surface area contributed by atoms with E-state index in [4.69, 9.17) is 9.47 Å². The highest BCUT2D eigenvalue weighted by atomic mass is 16.6. The van der Waals surface area contributed by atoms with E-state index in [2.05, 4.69) is 17.1 Å². The molecule has 0 bridgehead atoms. The molecule has 1 heterocycles. The number of nitrogens with one attached hydrogen (secondary N) is 1. The van der Waals surface area contributed by atoms with Gasteiger partial charge in [-0.05, 0) is 49.6 Å². The number of ether oxygens (including phenoxy) is 2. The topological polar surface area (TPSA) is 71.1 Å². The van der Waals surface area contributed by atoms with Gasteiger partial charge in [-0.2, -0.15) is 0 Å². The summed E-state index contributed by atoms with van der Waals surface area (Å²) < 4.78 is 11.6. The summed E-state index contributed by atoms with van der Waals surface area (Å²) >= 11 is 0. The highest BCUT2D eigenvalue weighted by Crippen LogP contribution is 2.23. The van der Waals surface area contributed by atoms with Crippen LogP contribution in [-0.4, -0.2) is 72.3 Å². The van der Waals surface area contributed by atoms with Crippen LogP contribution in [0.4, 0.5) is 4.79 Å². The van der Waals surface area contributed by atoms with Crippen LogP contribution in [0.2, 0.25) is 0 Å². The Morgan fingerprint density at radius 1 is 0.976 bits per heavy atom. The summed E-state index contributed by atoms with van der Waals surface area (Å²) in [6, 6.07) is 24.0. The molecule has 1 saturated heterocycles. The minimum atomic E-state index is -0.587. The zero-order chi connectivity index (χ0) is 29.2. The van der Waals surface area contributed by atoms with E-state index in [1.54, 1.807) is 0 Å². The maximum absolute atomic E-state index is 13.7. The summed E-state index contributed by atoms with van der Waals surface area (Å²) in [5.41, 5.74) is 1.26. The van der Waals surface area contributed by atoms with Crippen molar-refractivity contribution < 1.29 is 19.1 Å². The van der Waals surface area contributed by atoms with Crippen molar-refractivity contribution in [3.8, 4) is 0 Å². The van der Waals surface area contributed by atoms with Gasteiger partial charge in [0.1, 0.15) is 5.60 Å². The lowest BCUT2D eigenvalue weighted by Crippen LogP contribution is -2.58. The van der Waals surface area contributed by atoms with E-state index in [-0.39, 0.29) is 18.0 Å². The Labute approximate surface area is 244 Å². The van der Waals surface area contributed by atoms with E-state index in [1.807, 2.05) is 98.5 Å². The molecule has 2 atom stereocenters. The van der Waals surface area contributed by atoms with E-state index >= 15 is 0 Å². The van der Waals surface area contributed by atoms with E-state index in [1.165, 1.54) is 0 Å². The predicted octanol–water partition coefficient (Wildman–Crippen LogP) is 6.27. The van der Waals surface area contributed by atoms with Gasteiger partial charge in [-0.15, -0.1) is 0 Å². The molecule has 0 saturated carbocycles. The Morgan fingerprint density at radius 3 is 2.46 bits per heavy atom. The molecule has 220 valence electrons. The standard InChI is InChI=1S/C34H45N3O4/c1-5-6-17-29-23-37(32(38)31-19-12-16-27-15-10-11-18-30(27)31)21-20-36(29)22-28(35-33(39)41-34(2,3)4)25-40-24-26-13-8-7-9-14-26/h7-16,18-19,28-29H,5-6,17,20-25H2,1-4H3,(H,35,39)/t28-,29+/m1/s1. The summed E-state index contributed by atoms with van der Waals surface area (Å²) in [5, 5.41) is 5.12. The van der Waals surface area contributed by atoms with Crippen molar-refractivity contribution >= 4 is 22.8 Å². The fourth-order valence-corrected chi connectivity index (χ4v) is 5.40. The SMILES string of the molecule is CCCC[C@H]1CN(C(=O)c2cccc3ccccc23)CCN1C[C@H](COCc1ccccc1)NC(=O)OC(C)(C)C. The highest BCUT2D eigenvalue weighted by molar-refractivity contribution is 6.07. The van der Waals surface area contributed by atoms with Crippen LogP contribution in [0, 0.1) is 0 Å². The maximum Gasteiger partial charge on any atom is 0.407 e. The Hall–Kier alpha value is -3.42. The summed E-state index contributed by atoms with van der Waals surface area (Å²) in [7, 11) is 0. The van der Waals surface area contributed by atoms with E-state index in [0.29, 0.717) is 32.8 Å². The first kappa shape index (κ1) is 30.5. The second-order valence-electron chi connectivity index (χ2n) is 11.9. The fourth-order valence-electron chi connectivity index (χ4n) is 5.40. The monoisotopic (exact) mass is 559 g/mol.